The van der Waals surface area contributed by atoms with Gasteiger partial charge in [-0.15, -0.1) is 0 Å². The third-order valence-corrected chi connectivity index (χ3v) is 5.61. The second-order valence-electron chi connectivity index (χ2n) is 8.48. The maximum atomic E-state index is 12.2. The zero-order valence-electron chi connectivity index (χ0n) is 20.4. The number of aromatic hydroxyl groups is 1. The Labute approximate surface area is 195 Å². The SMILES string of the molecule is CCCCCCCCCCCCCCCCCC(=O)N(C)c1ccccc1O.NC(=O)O. The molecular weight excluding hydrogens is 404 g/mol. The number of carboxylic acid groups (broad SMARTS) is 1. The number of nitrogens with two attached hydrogens (primary N) is 1. The highest BCUT2D eigenvalue weighted by Gasteiger charge is 2.13. The zero-order chi connectivity index (χ0) is 24.0. The number of phenolic OH excluding ortho intramolecular Hbond substituents is 1. The highest BCUT2D eigenvalue weighted by molar-refractivity contribution is 5.94. The zero-order valence-corrected chi connectivity index (χ0v) is 20.4. The summed E-state index contributed by atoms with van der Waals surface area (Å²) in [5.74, 6) is 0.242. The van der Waals surface area contributed by atoms with Gasteiger partial charge >= 0.3 is 6.09 Å². The molecule has 2 amide bonds. The van der Waals surface area contributed by atoms with Gasteiger partial charge in [0.15, 0.2) is 0 Å². The van der Waals surface area contributed by atoms with Gasteiger partial charge in [0, 0.05) is 13.5 Å². The van der Waals surface area contributed by atoms with Crippen LogP contribution in [0.15, 0.2) is 24.3 Å². The molecule has 6 nitrogen and oxygen atoms in total. The first-order valence-corrected chi connectivity index (χ1v) is 12.4. The minimum absolute atomic E-state index is 0.0798. The van der Waals surface area contributed by atoms with E-state index >= 15 is 0 Å². The third-order valence-electron chi connectivity index (χ3n) is 5.61. The van der Waals surface area contributed by atoms with E-state index in [9.17, 15) is 9.90 Å². The Morgan fingerprint density at radius 2 is 1.16 bits per heavy atom. The van der Waals surface area contributed by atoms with Crippen LogP contribution in [0.1, 0.15) is 110 Å². The number of para-hydroxylation sites is 2. The molecule has 0 saturated carbocycles. The molecule has 0 bridgehead atoms. The molecule has 6 heteroatoms. The van der Waals surface area contributed by atoms with Crippen LogP contribution in [0.3, 0.4) is 0 Å². The summed E-state index contributed by atoms with van der Waals surface area (Å²) in [7, 11) is 1.74. The lowest BCUT2D eigenvalue weighted by Crippen LogP contribution is -2.25. The Bertz CT molecular complexity index is 603. The van der Waals surface area contributed by atoms with Gasteiger partial charge in [-0.25, -0.2) is 4.79 Å². The average Bonchev–Trinajstić information content (AvgIpc) is 2.75. The van der Waals surface area contributed by atoms with E-state index in [1.165, 1.54) is 83.5 Å². The Balaban J connectivity index is 0.00000220. The minimum atomic E-state index is -1.33. The molecule has 32 heavy (non-hydrogen) atoms. The molecule has 1 aromatic carbocycles. The standard InChI is InChI=1S/C25H43NO2.CH3NO2/c1-3-4-5-6-7-8-9-10-11-12-13-14-15-16-17-22-25(28)26(2)23-20-18-19-21-24(23)27;2-1(3)4/h18-21,27H,3-17,22H2,1-2H3;2H2,(H,3,4). The van der Waals surface area contributed by atoms with Crippen molar-refractivity contribution in [2.75, 3.05) is 11.9 Å². The average molecular weight is 451 g/mol. The number of hydrogen-bond donors (Lipinski definition) is 3. The first-order valence-electron chi connectivity index (χ1n) is 12.4. The van der Waals surface area contributed by atoms with Gasteiger partial charge in [-0.05, 0) is 18.6 Å². The number of amides is 2. The summed E-state index contributed by atoms with van der Waals surface area (Å²) < 4.78 is 0. The predicted octanol–water partition coefficient (Wildman–Crippen LogP) is 7.24. The quantitative estimate of drug-likeness (QED) is 0.218. The lowest BCUT2D eigenvalue weighted by atomic mass is 10.0. The normalized spacial score (nSPS) is 10.3. The van der Waals surface area contributed by atoms with Crippen molar-refractivity contribution in [3.8, 4) is 5.75 Å². The molecule has 0 atom stereocenters. The molecular formula is C26H46N2O4. The number of benzene rings is 1. The fourth-order valence-electron chi connectivity index (χ4n) is 3.70. The van der Waals surface area contributed by atoms with Gasteiger partial charge in [-0.3, -0.25) is 4.79 Å². The second kappa shape index (κ2) is 20.7. The van der Waals surface area contributed by atoms with Crippen LogP contribution in [0.5, 0.6) is 5.75 Å². The molecule has 0 aromatic heterocycles. The Morgan fingerprint density at radius 3 is 1.56 bits per heavy atom. The smallest absolute Gasteiger partial charge is 0.402 e. The summed E-state index contributed by atoms with van der Waals surface area (Å²) in [6.07, 6.45) is 19.2. The van der Waals surface area contributed by atoms with E-state index in [0.29, 0.717) is 12.1 Å². The molecule has 184 valence electrons. The van der Waals surface area contributed by atoms with Crippen molar-refractivity contribution in [2.45, 2.75) is 110 Å². The number of rotatable bonds is 17. The maximum Gasteiger partial charge on any atom is 0.402 e. The number of primary amides is 1. The lowest BCUT2D eigenvalue weighted by Gasteiger charge is -2.18. The Kier molecular flexibility index (Phi) is 19.2. The fourth-order valence-corrected chi connectivity index (χ4v) is 3.70. The van der Waals surface area contributed by atoms with Gasteiger partial charge < -0.3 is 20.8 Å². The molecule has 0 fully saturated rings. The summed E-state index contributed by atoms with van der Waals surface area (Å²) >= 11 is 0. The third kappa shape index (κ3) is 17.4. The number of phenols is 1. The number of nitrogens with zero attached hydrogens (tertiary/aromatic N) is 1. The molecule has 0 spiro atoms. The second-order valence-corrected chi connectivity index (χ2v) is 8.48. The van der Waals surface area contributed by atoms with Crippen LogP contribution in [0, 0.1) is 0 Å². The molecule has 4 N–H and O–H groups in total. The molecule has 1 rings (SSSR count). The molecule has 0 aliphatic heterocycles. The fraction of sp³-hybridized carbons (Fsp3) is 0.692. The van der Waals surface area contributed by atoms with E-state index in [-0.39, 0.29) is 11.7 Å². The van der Waals surface area contributed by atoms with Gasteiger partial charge in [-0.2, -0.15) is 0 Å². The molecule has 0 aliphatic carbocycles. The van der Waals surface area contributed by atoms with E-state index in [2.05, 4.69) is 12.7 Å². The monoisotopic (exact) mass is 450 g/mol. The van der Waals surface area contributed by atoms with Gasteiger partial charge in [0.1, 0.15) is 5.75 Å². The highest BCUT2D eigenvalue weighted by Crippen LogP contribution is 2.26. The molecule has 1 aromatic rings. The lowest BCUT2D eigenvalue weighted by molar-refractivity contribution is -0.118. The number of unbranched alkanes of at least 4 members (excludes halogenated alkanes) is 14. The van der Waals surface area contributed by atoms with Crippen molar-refractivity contribution in [1.82, 2.24) is 0 Å². The van der Waals surface area contributed by atoms with Crippen LogP contribution in [-0.2, 0) is 4.79 Å². The van der Waals surface area contributed by atoms with Crippen molar-refractivity contribution in [2.24, 2.45) is 5.73 Å². The van der Waals surface area contributed by atoms with Gasteiger partial charge in [0.05, 0.1) is 5.69 Å². The van der Waals surface area contributed by atoms with E-state index in [0.717, 1.165) is 12.8 Å². The highest BCUT2D eigenvalue weighted by atomic mass is 16.4. The summed E-state index contributed by atoms with van der Waals surface area (Å²) in [5, 5.41) is 17.0. The van der Waals surface area contributed by atoms with E-state index in [1.807, 2.05) is 6.07 Å². The van der Waals surface area contributed by atoms with Crippen LogP contribution in [-0.4, -0.2) is 29.3 Å². The summed E-state index contributed by atoms with van der Waals surface area (Å²) in [6, 6.07) is 7.00. The van der Waals surface area contributed by atoms with Crippen LogP contribution in [0.4, 0.5) is 10.5 Å². The van der Waals surface area contributed by atoms with Crippen LogP contribution >= 0.6 is 0 Å². The minimum Gasteiger partial charge on any atom is -0.506 e. The van der Waals surface area contributed by atoms with Crippen molar-refractivity contribution in [3.63, 3.8) is 0 Å². The summed E-state index contributed by atoms with van der Waals surface area (Å²) in [6.45, 7) is 2.27. The van der Waals surface area contributed by atoms with Crippen LogP contribution < -0.4 is 10.6 Å². The largest absolute Gasteiger partial charge is 0.506 e. The molecule has 0 unspecified atom stereocenters. The van der Waals surface area contributed by atoms with Crippen LogP contribution in [0.2, 0.25) is 0 Å². The Hall–Kier alpha value is -2.24. The number of carbonyl (C=O) groups excluding carboxylic acids is 1. The van der Waals surface area contributed by atoms with Crippen LogP contribution in [0.25, 0.3) is 0 Å². The predicted molar refractivity (Wildman–Crippen MR) is 133 cm³/mol. The van der Waals surface area contributed by atoms with Gasteiger partial charge in [0.2, 0.25) is 5.91 Å². The molecule has 0 heterocycles. The van der Waals surface area contributed by atoms with Crippen molar-refractivity contribution in [1.29, 1.82) is 0 Å². The van der Waals surface area contributed by atoms with E-state index in [1.54, 1.807) is 30.1 Å². The first kappa shape index (κ1) is 29.8. The molecule has 0 radical (unpaired) electrons. The van der Waals surface area contributed by atoms with Gasteiger partial charge in [0.25, 0.3) is 0 Å². The van der Waals surface area contributed by atoms with E-state index in [4.69, 9.17) is 9.90 Å². The van der Waals surface area contributed by atoms with Crippen molar-refractivity contribution < 1.29 is 19.8 Å². The van der Waals surface area contributed by atoms with Crippen molar-refractivity contribution in [3.05, 3.63) is 24.3 Å². The first-order chi connectivity index (χ1) is 15.4. The number of hydrogen-bond acceptors (Lipinski definition) is 3. The summed E-state index contributed by atoms with van der Waals surface area (Å²) in [5.41, 5.74) is 4.62. The number of anilines is 1. The molecule has 0 aliphatic rings. The van der Waals surface area contributed by atoms with Crippen molar-refractivity contribution >= 4 is 17.7 Å². The molecule has 0 saturated heterocycles. The maximum absolute atomic E-state index is 12.2. The number of carbonyl (C=O) groups is 2. The topological polar surface area (TPSA) is 104 Å². The Morgan fingerprint density at radius 1 is 0.781 bits per heavy atom. The van der Waals surface area contributed by atoms with E-state index < -0.39 is 6.09 Å². The van der Waals surface area contributed by atoms with Gasteiger partial charge in [-0.1, -0.05) is 109 Å². The summed E-state index contributed by atoms with van der Waals surface area (Å²) in [4.78, 5) is 22.6.